The van der Waals surface area contributed by atoms with Crippen LogP contribution in [0.5, 0.6) is 0 Å². The maximum atomic E-state index is 12.8. The van der Waals surface area contributed by atoms with E-state index in [-0.39, 0.29) is 12.1 Å². The van der Waals surface area contributed by atoms with Gasteiger partial charge >= 0.3 is 0 Å². The molecule has 3 aromatic rings. The number of amides is 1. The minimum absolute atomic E-state index is 0.00234. The summed E-state index contributed by atoms with van der Waals surface area (Å²) in [6.45, 7) is 8.16. The van der Waals surface area contributed by atoms with Gasteiger partial charge in [0.1, 0.15) is 6.17 Å². The Labute approximate surface area is 190 Å². The Balaban J connectivity index is 1.29. The Kier molecular flexibility index (Phi) is 5.82. The maximum absolute atomic E-state index is 12.8. The van der Waals surface area contributed by atoms with Crippen LogP contribution in [0.4, 0.5) is 11.4 Å². The van der Waals surface area contributed by atoms with Gasteiger partial charge in [-0.05, 0) is 42.3 Å². The number of nitrogens with zero attached hydrogens (tertiary/aromatic N) is 3. The van der Waals surface area contributed by atoms with Gasteiger partial charge in [-0.25, -0.2) is 0 Å². The van der Waals surface area contributed by atoms with Gasteiger partial charge in [0.2, 0.25) is 0 Å². The highest BCUT2D eigenvalue weighted by molar-refractivity contribution is 6.02. The highest BCUT2D eigenvalue weighted by atomic mass is 16.2. The fraction of sp³-hybridized carbons (Fsp3) is 0.296. The molecule has 5 heteroatoms. The number of hydrogen-bond donors (Lipinski definition) is 1. The van der Waals surface area contributed by atoms with Crippen molar-refractivity contribution in [1.29, 1.82) is 0 Å². The van der Waals surface area contributed by atoms with Crippen molar-refractivity contribution in [3.63, 3.8) is 0 Å². The molecule has 3 aromatic carbocycles. The Hall–Kier alpha value is -3.31. The van der Waals surface area contributed by atoms with Crippen molar-refractivity contribution in [2.24, 2.45) is 0 Å². The lowest BCUT2D eigenvalue weighted by atomic mass is 10.0. The van der Waals surface area contributed by atoms with E-state index in [4.69, 9.17) is 0 Å². The van der Waals surface area contributed by atoms with Crippen LogP contribution in [0, 0.1) is 6.92 Å². The first-order valence-electron chi connectivity index (χ1n) is 11.4. The van der Waals surface area contributed by atoms with Crippen LogP contribution in [0.25, 0.3) is 0 Å². The molecular formula is C27H30N4O. The molecule has 164 valence electrons. The third-order valence-corrected chi connectivity index (χ3v) is 6.55. The average molecular weight is 427 g/mol. The zero-order valence-electron chi connectivity index (χ0n) is 18.6. The highest BCUT2D eigenvalue weighted by Gasteiger charge is 2.31. The van der Waals surface area contributed by atoms with Crippen LogP contribution in [-0.2, 0) is 0 Å². The van der Waals surface area contributed by atoms with Gasteiger partial charge in [0.05, 0.1) is 11.3 Å². The second-order valence-corrected chi connectivity index (χ2v) is 8.66. The van der Waals surface area contributed by atoms with Gasteiger partial charge in [0.15, 0.2) is 0 Å². The van der Waals surface area contributed by atoms with Crippen molar-refractivity contribution in [3.05, 3.63) is 95.6 Å². The Bertz CT molecular complexity index is 1080. The molecule has 0 radical (unpaired) electrons. The Morgan fingerprint density at radius 2 is 1.59 bits per heavy atom. The van der Waals surface area contributed by atoms with Crippen molar-refractivity contribution >= 4 is 17.3 Å². The van der Waals surface area contributed by atoms with Gasteiger partial charge in [-0.3, -0.25) is 9.69 Å². The van der Waals surface area contributed by atoms with Gasteiger partial charge in [-0.1, -0.05) is 54.6 Å². The van der Waals surface area contributed by atoms with Gasteiger partial charge in [0.25, 0.3) is 5.91 Å². The van der Waals surface area contributed by atoms with Gasteiger partial charge in [-0.2, -0.15) is 0 Å². The fourth-order valence-corrected chi connectivity index (χ4v) is 4.79. The molecule has 2 heterocycles. The van der Waals surface area contributed by atoms with Gasteiger partial charge < -0.3 is 15.1 Å². The molecule has 1 saturated heterocycles. The molecular weight excluding hydrogens is 396 g/mol. The number of anilines is 2. The number of fused-ring (bicyclic) bond motifs is 1. The normalized spacial score (nSPS) is 18.9. The second kappa shape index (κ2) is 9.05. The summed E-state index contributed by atoms with van der Waals surface area (Å²) in [5, 5.41) is 3.22. The van der Waals surface area contributed by atoms with Crippen molar-refractivity contribution in [1.82, 2.24) is 10.2 Å². The lowest BCUT2D eigenvalue weighted by Gasteiger charge is -2.41. The SMILES string of the molecule is Cc1cccc(N2CCN(CCN3c4ccccc4C(=O)NC3c3ccccc3)CC2)c1. The third-order valence-electron chi connectivity index (χ3n) is 6.55. The molecule has 1 atom stereocenters. The zero-order chi connectivity index (χ0) is 21.9. The minimum Gasteiger partial charge on any atom is -0.369 e. The molecule has 0 saturated carbocycles. The molecule has 1 fully saturated rings. The summed E-state index contributed by atoms with van der Waals surface area (Å²) in [5.41, 5.74) is 5.51. The summed E-state index contributed by atoms with van der Waals surface area (Å²) in [7, 11) is 0. The topological polar surface area (TPSA) is 38.8 Å². The number of aryl methyl sites for hydroxylation is 1. The molecule has 1 unspecified atom stereocenters. The lowest BCUT2D eigenvalue weighted by molar-refractivity contribution is 0.0925. The molecule has 2 aliphatic heterocycles. The summed E-state index contributed by atoms with van der Waals surface area (Å²) in [4.78, 5) is 20.1. The molecule has 1 N–H and O–H groups in total. The summed E-state index contributed by atoms with van der Waals surface area (Å²) < 4.78 is 0. The predicted molar refractivity (Wildman–Crippen MR) is 130 cm³/mol. The minimum atomic E-state index is -0.146. The quantitative estimate of drug-likeness (QED) is 0.668. The summed E-state index contributed by atoms with van der Waals surface area (Å²) in [5.74, 6) is -0.00234. The Morgan fingerprint density at radius 1 is 0.844 bits per heavy atom. The van der Waals surface area contributed by atoms with Crippen LogP contribution >= 0.6 is 0 Å². The molecule has 1 amide bonds. The number of nitrogens with one attached hydrogen (secondary N) is 1. The number of hydrogen-bond acceptors (Lipinski definition) is 4. The molecule has 0 aromatic heterocycles. The van der Waals surface area contributed by atoms with Gasteiger partial charge in [-0.15, -0.1) is 0 Å². The van der Waals surface area contributed by atoms with Crippen molar-refractivity contribution in [2.45, 2.75) is 13.1 Å². The average Bonchev–Trinajstić information content (AvgIpc) is 2.84. The van der Waals surface area contributed by atoms with Crippen molar-refractivity contribution in [2.75, 3.05) is 49.1 Å². The monoisotopic (exact) mass is 426 g/mol. The van der Waals surface area contributed by atoms with E-state index in [1.807, 2.05) is 36.4 Å². The second-order valence-electron chi connectivity index (χ2n) is 8.66. The zero-order valence-corrected chi connectivity index (χ0v) is 18.6. The lowest BCUT2D eigenvalue weighted by Crippen LogP contribution is -2.52. The van der Waals surface area contributed by atoms with Crippen LogP contribution in [0.2, 0.25) is 0 Å². The van der Waals surface area contributed by atoms with Crippen LogP contribution in [-0.4, -0.2) is 50.1 Å². The number of rotatable bonds is 5. The van der Waals surface area contributed by atoms with Crippen LogP contribution < -0.4 is 15.1 Å². The van der Waals surface area contributed by atoms with E-state index >= 15 is 0 Å². The van der Waals surface area contributed by atoms with Gasteiger partial charge in [0, 0.05) is 45.0 Å². The van der Waals surface area contributed by atoms with Crippen molar-refractivity contribution in [3.8, 4) is 0 Å². The first-order chi connectivity index (χ1) is 15.7. The summed E-state index contributed by atoms with van der Waals surface area (Å²) >= 11 is 0. The number of benzene rings is 3. The number of piperazine rings is 1. The molecule has 5 rings (SSSR count). The largest absolute Gasteiger partial charge is 0.369 e. The van der Waals surface area contributed by atoms with E-state index in [1.54, 1.807) is 0 Å². The number of carbonyl (C=O) groups is 1. The third kappa shape index (κ3) is 4.21. The summed E-state index contributed by atoms with van der Waals surface area (Å²) in [6.07, 6.45) is -0.146. The molecule has 0 spiro atoms. The van der Waals surface area contributed by atoms with Crippen LogP contribution in [0.15, 0.2) is 78.9 Å². The first-order valence-corrected chi connectivity index (χ1v) is 11.4. The van der Waals surface area contributed by atoms with E-state index in [2.05, 4.69) is 69.4 Å². The van der Waals surface area contributed by atoms with E-state index in [1.165, 1.54) is 11.3 Å². The number of carbonyl (C=O) groups excluding carboxylic acids is 1. The molecule has 32 heavy (non-hydrogen) atoms. The predicted octanol–water partition coefficient (Wildman–Crippen LogP) is 4.07. The van der Waals surface area contributed by atoms with Crippen LogP contribution in [0.1, 0.15) is 27.7 Å². The standard InChI is InChI=1S/C27H30N4O/c1-21-8-7-11-23(20-21)30-17-14-29(15-18-30)16-19-31-25-13-6-5-12-24(25)27(32)28-26(31)22-9-3-2-4-10-22/h2-13,20,26H,14-19H2,1H3,(H,28,32). The highest BCUT2D eigenvalue weighted by Crippen LogP contribution is 2.32. The fourth-order valence-electron chi connectivity index (χ4n) is 4.79. The van der Waals surface area contributed by atoms with E-state index in [9.17, 15) is 4.79 Å². The molecule has 5 nitrogen and oxygen atoms in total. The van der Waals surface area contributed by atoms with Crippen molar-refractivity contribution < 1.29 is 4.79 Å². The molecule has 0 bridgehead atoms. The van der Waals surface area contributed by atoms with E-state index in [0.29, 0.717) is 0 Å². The summed E-state index contributed by atoms with van der Waals surface area (Å²) in [6, 6.07) is 27.0. The number of para-hydroxylation sites is 1. The van der Waals surface area contributed by atoms with Crippen LogP contribution in [0.3, 0.4) is 0 Å². The molecule has 0 aliphatic carbocycles. The smallest absolute Gasteiger partial charge is 0.255 e. The van der Waals surface area contributed by atoms with E-state index < -0.39 is 0 Å². The first kappa shape index (κ1) is 20.6. The Morgan fingerprint density at radius 3 is 2.38 bits per heavy atom. The van der Waals surface area contributed by atoms with E-state index in [0.717, 1.165) is 56.1 Å². The molecule has 2 aliphatic rings. The maximum Gasteiger partial charge on any atom is 0.255 e.